The van der Waals surface area contributed by atoms with Crippen LogP contribution in [0.2, 0.25) is 0 Å². The predicted octanol–water partition coefficient (Wildman–Crippen LogP) is 10.8. The van der Waals surface area contributed by atoms with Crippen molar-refractivity contribution in [3.05, 3.63) is 0 Å². The fourth-order valence-corrected chi connectivity index (χ4v) is 6.37. The van der Waals surface area contributed by atoms with E-state index in [1.807, 2.05) is 0 Å². The molecule has 0 aliphatic carbocycles. The van der Waals surface area contributed by atoms with Crippen LogP contribution in [-0.4, -0.2) is 43.2 Å². The standard InChI is InChI=1S/C36H77N3/c1-5-9-13-17-21-25-29-36(35-38-32-31-37,30-26-22-18-14-10-6-2)39(33-27-23-19-15-11-7-3)34-28-24-20-16-12-8-4/h38H,5-35,37H2,1-4H3. The molecule has 0 atom stereocenters. The van der Waals surface area contributed by atoms with Crippen molar-refractivity contribution in [2.45, 2.75) is 200 Å². The predicted molar refractivity (Wildman–Crippen MR) is 179 cm³/mol. The molecule has 3 heteroatoms. The monoisotopic (exact) mass is 552 g/mol. The summed E-state index contributed by atoms with van der Waals surface area (Å²) in [6.07, 6.45) is 36.3. The highest BCUT2D eigenvalue weighted by Gasteiger charge is 2.35. The lowest BCUT2D eigenvalue weighted by Crippen LogP contribution is -2.56. The fraction of sp³-hybridized carbons (Fsp3) is 1.00. The molecule has 3 N–H and O–H groups in total. The largest absolute Gasteiger partial charge is 0.329 e. The van der Waals surface area contributed by atoms with Gasteiger partial charge in [-0.3, -0.25) is 4.90 Å². The van der Waals surface area contributed by atoms with Crippen LogP contribution in [0.15, 0.2) is 0 Å². The van der Waals surface area contributed by atoms with E-state index in [4.69, 9.17) is 5.73 Å². The van der Waals surface area contributed by atoms with Crippen LogP contribution in [0, 0.1) is 0 Å². The van der Waals surface area contributed by atoms with E-state index in [1.165, 1.54) is 180 Å². The van der Waals surface area contributed by atoms with Crippen molar-refractivity contribution >= 4 is 0 Å². The van der Waals surface area contributed by atoms with E-state index >= 15 is 0 Å². The zero-order valence-corrected chi connectivity index (χ0v) is 27.9. The van der Waals surface area contributed by atoms with Crippen LogP contribution >= 0.6 is 0 Å². The molecule has 0 bridgehead atoms. The molecule has 0 rings (SSSR count). The maximum Gasteiger partial charge on any atom is 0.0333 e. The first kappa shape index (κ1) is 38.9. The van der Waals surface area contributed by atoms with Crippen molar-refractivity contribution < 1.29 is 0 Å². The molecular formula is C36H77N3. The van der Waals surface area contributed by atoms with Crippen LogP contribution in [-0.2, 0) is 0 Å². The number of hydrogen-bond acceptors (Lipinski definition) is 3. The minimum absolute atomic E-state index is 0.317. The molecule has 0 unspecified atom stereocenters. The van der Waals surface area contributed by atoms with Gasteiger partial charge in [-0.2, -0.15) is 0 Å². The van der Waals surface area contributed by atoms with Gasteiger partial charge in [0.1, 0.15) is 0 Å². The number of nitrogens with two attached hydrogens (primary N) is 1. The average molecular weight is 552 g/mol. The summed E-state index contributed by atoms with van der Waals surface area (Å²) < 4.78 is 0. The Labute approximate surface area is 248 Å². The molecule has 0 heterocycles. The number of nitrogens with one attached hydrogen (secondary N) is 1. The lowest BCUT2D eigenvalue weighted by Gasteiger charge is -2.46. The molecule has 0 aliphatic rings. The lowest BCUT2D eigenvalue weighted by molar-refractivity contribution is 0.0587. The van der Waals surface area contributed by atoms with Gasteiger partial charge in [0.25, 0.3) is 0 Å². The van der Waals surface area contributed by atoms with Gasteiger partial charge in [-0.25, -0.2) is 0 Å². The van der Waals surface area contributed by atoms with Gasteiger partial charge in [0.05, 0.1) is 0 Å². The van der Waals surface area contributed by atoms with Crippen molar-refractivity contribution in [3.8, 4) is 0 Å². The van der Waals surface area contributed by atoms with Crippen LogP contribution in [0.25, 0.3) is 0 Å². The maximum absolute atomic E-state index is 5.97. The molecule has 0 aromatic rings. The van der Waals surface area contributed by atoms with Crippen LogP contribution in [0.3, 0.4) is 0 Å². The highest BCUT2D eigenvalue weighted by atomic mass is 15.2. The first-order valence-corrected chi connectivity index (χ1v) is 18.4. The topological polar surface area (TPSA) is 41.3 Å². The van der Waals surface area contributed by atoms with E-state index in [2.05, 4.69) is 37.9 Å². The molecule has 236 valence electrons. The Morgan fingerprint density at radius 3 is 1.15 bits per heavy atom. The Hall–Kier alpha value is -0.120. The molecule has 39 heavy (non-hydrogen) atoms. The third-order valence-corrected chi connectivity index (χ3v) is 9.00. The Kier molecular flexibility index (Phi) is 30.7. The van der Waals surface area contributed by atoms with Gasteiger partial charge in [0.15, 0.2) is 0 Å². The summed E-state index contributed by atoms with van der Waals surface area (Å²) >= 11 is 0. The summed E-state index contributed by atoms with van der Waals surface area (Å²) in [4.78, 5) is 3.02. The lowest BCUT2D eigenvalue weighted by atomic mass is 9.83. The van der Waals surface area contributed by atoms with Crippen molar-refractivity contribution in [1.29, 1.82) is 0 Å². The van der Waals surface area contributed by atoms with Crippen molar-refractivity contribution in [1.82, 2.24) is 10.2 Å². The Morgan fingerprint density at radius 2 is 0.795 bits per heavy atom. The summed E-state index contributed by atoms with van der Waals surface area (Å²) in [5, 5.41) is 3.85. The van der Waals surface area contributed by atoms with Gasteiger partial charge < -0.3 is 11.1 Å². The van der Waals surface area contributed by atoms with Crippen LogP contribution in [0.4, 0.5) is 0 Å². The molecular weight excluding hydrogens is 474 g/mol. The zero-order valence-electron chi connectivity index (χ0n) is 27.9. The fourth-order valence-electron chi connectivity index (χ4n) is 6.37. The molecule has 3 nitrogen and oxygen atoms in total. The number of nitrogens with zero attached hydrogens (tertiary/aromatic N) is 1. The van der Waals surface area contributed by atoms with Crippen molar-refractivity contribution in [3.63, 3.8) is 0 Å². The van der Waals surface area contributed by atoms with Crippen LogP contribution < -0.4 is 11.1 Å². The third kappa shape index (κ3) is 23.2. The summed E-state index contributed by atoms with van der Waals surface area (Å²) in [7, 11) is 0. The summed E-state index contributed by atoms with van der Waals surface area (Å²) in [6.45, 7) is 14.8. The van der Waals surface area contributed by atoms with Gasteiger partial charge >= 0.3 is 0 Å². The molecule has 0 aromatic carbocycles. The third-order valence-electron chi connectivity index (χ3n) is 9.00. The van der Waals surface area contributed by atoms with E-state index in [-0.39, 0.29) is 0 Å². The SMILES string of the molecule is CCCCCCCCN(CCCCCCCC)C(CCCCCCCC)(CCCCCCCC)CNCCN. The average Bonchev–Trinajstić information content (AvgIpc) is 2.94. The first-order valence-electron chi connectivity index (χ1n) is 18.4. The summed E-state index contributed by atoms with van der Waals surface area (Å²) in [5.41, 5.74) is 6.29. The molecule has 0 saturated heterocycles. The molecule has 0 saturated carbocycles. The molecule has 0 aromatic heterocycles. The molecule has 0 spiro atoms. The zero-order chi connectivity index (χ0) is 28.7. The van der Waals surface area contributed by atoms with Gasteiger partial charge in [-0.1, -0.05) is 169 Å². The van der Waals surface area contributed by atoms with E-state index in [0.717, 1.165) is 19.6 Å². The van der Waals surface area contributed by atoms with Gasteiger partial charge in [0, 0.05) is 25.2 Å². The van der Waals surface area contributed by atoms with Crippen molar-refractivity contribution in [2.75, 3.05) is 32.7 Å². The second-order valence-corrected chi connectivity index (χ2v) is 12.7. The number of rotatable bonds is 33. The highest BCUT2D eigenvalue weighted by molar-refractivity contribution is 4.93. The van der Waals surface area contributed by atoms with E-state index in [9.17, 15) is 0 Å². The number of hydrogen-bond donors (Lipinski definition) is 2. The minimum atomic E-state index is 0.317. The van der Waals surface area contributed by atoms with Gasteiger partial charge in [0.2, 0.25) is 0 Å². The first-order chi connectivity index (χ1) is 19.2. The molecule has 0 radical (unpaired) electrons. The Morgan fingerprint density at radius 1 is 0.462 bits per heavy atom. The number of unbranched alkanes of at least 4 members (excludes halogenated alkanes) is 20. The minimum Gasteiger partial charge on any atom is -0.329 e. The van der Waals surface area contributed by atoms with Crippen LogP contribution in [0.1, 0.15) is 195 Å². The Balaban J connectivity index is 5.47. The maximum atomic E-state index is 5.97. The normalized spacial score (nSPS) is 12.2. The van der Waals surface area contributed by atoms with Crippen LogP contribution in [0.5, 0.6) is 0 Å². The second-order valence-electron chi connectivity index (χ2n) is 12.7. The highest BCUT2D eigenvalue weighted by Crippen LogP contribution is 2.31. The smallest absolute Gasteiger partial charge is 0.0333 e. The van der Waals surface area contributed by atoms with E-state index < -0.39 is 0 Å². The quantitative estimate of drug-likeness (QED) is 0.0797. The van der Waals surface area contributed by atoms with Crippen molar-refractivity contribution in [2.24, 2.45) is 5.73 Å². The molecule has 0 aliphatic heterocycles. The van der Waals surface area contributed by atoms with Gasteiger partial charge in [-0.15, -0.1) is 0 Å². The van der Waals surface area contributed by atoms with Gasteiger partial charge in [-0.05, 0) is 38.8 Å². The second kappa shape index (κ2) is 30.8. The molecule has 0 fully saturated rings. The summed E-state index contributed by atoms with van der Waals surface area (Å²) in [5.74, 6) is 0. The molecule has 0 amide bonds. The van der Waals surface area contributed by atoms with E-state index in [1.54, 1.807) is 0 Å². The Bertz CT molecular complexity index is 421. The summed E-state index contributed by atoms with van der Waals surface area (Å²) in [6, 6.07) is 0. The van der Waals surface area contributed by atoms with E-state index in [0.29, 0.717) is 5.54 Å².